The number of methoxy groups -OCH3 is 1. The van der Waals surface area contributed by atoms with Crippen LogP contribution in [0.4, 0.5) is 0 Å². The molecule has 0 aliphatic carbocycles. The summed E-state index contributed by atoms with van der Waals surface area (Å²) >= 11 is 0. The van der Waals surface area contributed by atoms with E-state index < -0.39 is 36.5 Å². The van der Waals surface area contributed by atoms with Crippen LogP contribution >= 0.6 is 0 Å². The maximum Gasteiger partial charge on any atom is 0.333 e. The van der Waals surface area contributed by atoms with Gasteiger partial charge < -0.3 is 24.8 Å². The average molecular weight is 206 g/mol. The van der Waals surface area contributed by atoms with Crippen LogP contribution in [-0.2, 0) is 14.3 Å². The first-order valence-corrected chi connectivity index (χ1v) is 4.26. The average Bonchev–Trinajstić information content (AvgIpc) is 2.12. The van der Waals surface area contributed by atoms with Gasteiger partial charge in [-0.15, -0.1) is 0 Å². The number of aliphatic hydroxyl groups is 2. The number of aliphatic hydroxyl groups excluding tert-OH is 2. The van der Waals surface area contributed by atoms with E-state index in [1.54, 1.807) is 6.92 Å². The summed E-state index contributed by atoms with van der Waals surface area (Å²) in [5.41, 5.74) is 0. The van der Waals surface area contributed by atoms with Crippen LogP contribution in [0.3, 0.4) is 0 Å². The minimum atomic E-state index is -1.52. The predicted octanol–water partition coefficient (Wildman–Crippen LogP) is -1.20. The first-order valence-electron chi connectivity index (χ1n) is 4.26. The van der Waals surface area contributed by atoms with E-state index in [4.69, 9.17) is 14.6 Å². The number of carbonyl (C=O) groups is 1. The molecule has 14 heavy (non-hydrogen) atoms. The summed E-state index contributed by atoms with van der Waals surface area (Å²) < 4.78 is 9.64. The summed E-state index contributed by atoms with van der Waals surface area (Å²) in [6.07, 6.45) is -4.62. The van der Waals surface area contributed by atoms with Gasteiger partial charge in [-0.2, -0.15) is 0 Å². The third kappa shape index (κ3) is 1.88. The molecule has 0 aromatic rings. The van der Waals surface area contributed by atoms with Gasteiger partial charge in [0.05, 0.1) is 6.10 Å². The van der Waals surface area contributed by atoms with Gasteiger partial charge in [-0.25, -0.2) is 4.79 Å². The third-order valence-electron chi connectivity index (χ3n) is 2.43. The molecule has 82 valence electrons. The molecular weight excluding hydrogens is 192 g/mol. The van der Waals surface area contributed by atoms with E-state index in [0.717, 1.165) is 0 Å². The number of hydrogen-bond acceptors (Lipinski definition) is 5. The quantitative estimate of drug-likeness (QED) is 0.525. The highest BCUT2D eigenvalue weighted by molar-refractivity contribution is 5.73. The Morgan fingerprint density at radius 1 is 1.43 bits per heavy atom. The van der Waals surface area contributed by atoms with Gasteiger partial charge in [0.2, 0.25) is 0 Å². The van der Waals surface area contributed by atoms with Crippen molar-refractivity contribution in [3.63, 3.8) is 0 Å². The van der Waals surface area contributed by atoms with Crippen molar-refractivity contribution in [3.8, 4) is 0 Å². The maximum atomic E-state index is 10.7. The van der Waals surface area contributed by atoms with Gasteiger partial charge in [0, 0.05) is 13.0 Å². The number of ether oxygens (including phenoxy) is 2. The molecule has 1 saturated heterocycles. The summed E-state index contributed by atoms with van der Waals surface area (Å²) in [5, 5.41) is 27.4. The molecule has 5 atom stereocenters. The van der Waals surface area contributed by atoms with Crippen molar-refractivity contribution in [2.45, 2.75) is 31.5 Å². The zero-order chi connectivity index (χ0) is 10.9. The van der Waals surface area contributed by atoms with E-state index >= 15 is 0 Å². The van der Waals surface area contributed by atoms with Crippen LogP contribution in [0.2, 0.25) is 0 Å². The van der Waals surface area contributed by atoms with Gasteiger partial charge in [-0.3, -0.25) is 0 Å². The number of hydrogen-bond donors (Lipinski definition) is 3. The summed E-state index contributed by atoms with van der Waals surface area (Å²) in [4.78, 5) is 10.7. The molecule has 1 rings (SSSR count). The number of carboxylic acids is 1. The molecule has 1 aliphatic heterocycles. The second-order valence-corrected chi connectivity index (χ2v) is 3.34. The lowest BCUT2D eigenvalue weighted by atomic mass is 9.90. The van der Waals surface area contributed by atoms with E-state index in [0.29, 0.717) is 0 Å². The van der Waals surface area contributed by atoms with Crippen LogP contribution in [0.15, 0.2) is 0 Å². The fourth-order valence-electron chi connectivity index (χ4n) is 1.64. The molecule has 1 heterocycles. The minimum absolute atomic E-state index is 0.518. The second-order valence-electron chi connectivity index (χ2n) is 3.34. The Labute approximate surface area is 81.1 Å². The zero-order valence-corrected chi connectivity index (χ0v) is 7.95. The van der Waals surface area contributed by atoms with Crippen LogP contribution in [0, 0.1) is 5.92 Å². The highest BCUT2D eigenvalue weighted by Crippen LogP contribution is 2.26. The highest BCUT2D eigenvalue weighted by Gasteiger charge is 2.45. The van der Waals surface area contributed by atoms with Crippen LogP contribution < -0.4 is 0 Å². The molecule has 1 fully saturated rings. The van der Waals surface area contributed by atoms with E-state index in [-0.39, 0.29) is 0 Å². The molecule has 6 heteroatoms. The van der Waals surface area contributed by atoms with E-state index in [2.05, 4.69) is 0 Å². The fraction of sp³-hybridized carbons (Fsp3) is 0.875. The van der Waals surface area contributed by atoms with Crippen molar-refractivity contribution in [2.75, 3.05) is 7.11 Å². The highest BCUT2D eigenvalue weighted by atomic mass is 16.6. The topological polar surface area (TPSA) is 96.2 Å². The molecule has 3 N–H and O–H groups in total. The van der Waals surface area contributed by atoms with Gasteiger partial charge in [-0.1, -0.05) is 6.92 Å². The number of carboxylic acid groups (broad SMARTS) is 1. The van der Waals surface area contributed by atoms with Crippen LogP contribution in [0.1, 0.15) is 6.92 Å². The summed E-state index contributed by atoms with van der Waals surface area (Å²) in [7, 11) is 1.35. The minimum Gasteiger partial charge on any atom is -0.479 e. The Morgan fingerprint density at radius 2 is 2.00 bits per heavy atom. The Balaban J connectivity index is 2.80. The van der Waals surface area contributed by atoms with Gasteiger partial charge in [0.25, 0.3) is 0 Å². The molecule has 0 bridgehead atoms. The SMILES string of the molecule is COC1C(O)[C@H](O)OC(C(=O)O)[C@H]1C. The van der Waals surface area contributed by atoms with Crippen molar-refractivity contribution >= 4 is 5.97 Å². The zero-order valence-electron chi connectivity index (χ0n) is 7.95. The van der Waals surface area contributed by atoms with Gasteiger partial charge in [0.15, 0.2) is 12.4 Å². The van der Waals surface area contributed by atoms with Gasteiger partial charge in [0.1, 0.15) is 6.10 Å². The lowest BCUT2D eigenvalue weighted by Crippen LogP contribution is -2.56. The Hall–Kier alpha value is -0.690. The molecule has 0 aromatic carbocycles. The molecule has 6 nitrogen and oxygen atoms in total. The molecule has 3 unspecified atom stereocenters. The molecule has 0 amide bonds. The largest absolute Gasteiger partial charge is 0.479 e. The van der Waals surface area contributed by atoms with E-state index in [9.17, 15) is 15.0 Å². The summed E-state index contributed by atoms with van der Waals surface area (Å²) in [5.74, 6) is -1.69. The monoisotopic (exact) mass is 206 g/mol. The van der Waals surface area contributed by atoms with Crippen molar-refractivity contribution in [3.05, 3.63) is 0 Å². The van der Waals surface area contributed by atoms with Crippen LogP contribution in [0.5, 0.6) is 0 Å². The molecule has 1 aliphatic rings. The maximum absolute atomic E-state index is 10.7. The third-order valence-corrected chi connectivity index (χ3v) is 2.43. The Bertz CT molecular complexity index is 218. The molecule has 0 spiro atoms. The predicted molar refractivity (Wildman–Crippen MR) is 44.5 cm³/mol. The van der Waals surface area contributed by atoms with Crippen molar-refractivity contribution < 1.29 is 29.6 Å². The van der Waals surface area contributed by atoms with Crippen molar-refractivity contribution in [1.82, 2.24) is 0 Å². The summed E-state index contributed by atoms with van der Waals surface area (Å²) in [6.45, 7) is 1.59. The first-order chi connectivity index (χ1) is 6.49. The van der Waals surface area contributed by atoms with E-state index in [1.165, 1.54) is 7.11 Å². The van der Waals surface area contributed by atoms with Crippen LogP contribution in [-0.4, -0.2) is 53.0 Å². The van der Waals surface area contributed by atoms with Gasteiger partial charge in [-0.05, 0) is 0 Å². The molecule has 0 saturated carbocycles. The molecule has 0 aromatic heterocycles. The first kappa shape index (κ1) is 11.4. The van der Waals surface area contributed by atoms with Crippen LogP contribution in [0.25, 0.3) is 0 Å². The Morgan fingerprint density at radius 3 is 2.43 bits per heavy atom. The van der Waals surface area contributed by atoms with E-state index in [1.807, 2.05) is 0 Å². The molecule has 0 radical (unpaired) electrons. The van der Waals surface area contributed by atoms with Gasteiger partial charge >= 0.3 is 5.97 Å². The Kier molecular flexibility index (Phi) is 3.43. The number of aliphatic carboxylic acids is 1. The summed E-state index contributed by atoms with van der Waals surface area (Å²) in [6, 6.07) is 0. The standard InChI is InChI=1S/C8H14O6/c1-3-5(13-2)4(9)8(12)14-6(3)7(10)11/h3-6,8-9,12H,1-2H3,(H,10,11)/t3-,4?,5?,6?,8+/m0/s1. The second kappa shape index (κ2) is 4.22. The molecular formula is C8H14O6. The normalized spacial score (nSPS) is 43.6. The lowest BCUT2D eigenvalue weighted by molar-refractivity contribution is -0.269. The fourth-order valence-corrected chi connectivity index (χ4v) is 1.64. The van der Waals surface area contributed by atoms with Crippen molar-refractivity contribution in [2.24, 2.45) is 5.92 Å². The smallest absolute Gasteiger partial charge is 0.333 e. The lowest BCUT2D eigenvalue weighted by Gasteiger charge is -2.39. The van der Waals surface area contributed by atoms with Crippen molar-refractivity contribution in [1.29, 1.82) is 0 Å². The number of rotatable bonds is 2.